The highest BCUT2D eigenvalue weighted by molar-refractivity contribution is 7.92. The summed E-state index contributed by atoms with van der Waals surface area (Å²) in [6, 6.07) is 0. The topological polar surface area (TPSA) is 98.1 Å². The number of amides is 1. The highest BCUT2D eigenvalue weighted by atomic mass is 32.2. The zero-order valence-corrected chi connectivity index (χ0v) is 13.1. The molecular weight excluding hydrogens is 314 g/mol. The quantitative estimate of drug-likeness (QED) is 0.779. The van der Waals surface area contributed by atoms with E-state index < -0.39 is 15.1 Å². The summed E-state index contributed by atoms with van der Waals surface area (Å²) < 4.78 is 29.9. The lowest BCUT2D eigenvalue weighted by atomic mass is 10.2. The molecular formula is C11H13N5O3S2. The molecule has 3 rings (SSSR count). The van der Waals surface area contributed by atoms with E-state index in [1.165, 1.54) is 15.7 Å². The van der Waals surface area contributed by atoms with E-state index in [-0.39, 0.29) is 24.2 Å². The van der Waals surface area contributed by atoms with Crippen molar-refractivity contribution in [1.82, 2.24) is 24.0 Å². The van der Waals surface area contributed by atoms with E-state index in [1.54, 1.807) is 20.2 Å². The van der Waals surface area contributed by atoms with Gasteiger partial charge in [-0.15, -0.1) is 5.10 Å². The van der Waals surface area contributed by atoms with Crippen LogP contribution in [-0.4, -0.2) is 56.7 Å². The Kier molecular flexibility index (Phi) is 3.29. The fraction of sp³-hybridized carbons (Fsp3) is 0.455. The number of aromatic nitrogens is 4. The molecule has 112 valence electrons. The summed E-state index contributed by atoms with van der Waals surface area (Å²) in [5.41, 5.74) is 0.570. The number of hydrogen-bond donors (Lipinski definition) is 0. The fourth-order valence-corrected chi connectivity index (χ4v) is 4.49. The number of carbonyl (C=O) groups excluding carboxylic acids is 1. The molecule has 0 atom stereocenters. The predicted octanol–water partition coefficient (Wildman–Crippen LogP) is -0.122. The molecule has 0 radical (unpaired) electrons. The van der Waals surface area contributed by atoms with Crippen molar-refractivity contribution >= 4 is 27.3 Å². The van der Waals surface area contributed by atoms with Crippen molar-refractivity contribution in [2.45, 2.75) is 17.3 Å². The van der Waals surface area contributed by atoms with Gasteiger partial charge in [-0.25, -0.2) is 13.4 Å². The molecule has 3 heterocycles. The summed E-state index contributed by atoms with van der Waals surface area (Å²) in [5, 5.41) is 3.22. The van der Waals surface area contributed by atoms with Gasteiger partial charge in [0.05, 0.1) is 5.69 Å². The highest BCUT2D eigenvalue weighted by Gasteiger charge is 2.43. The maximum Gasteiger partial charge on any atom is 0.267 e. The maximum atomic E-state index is 12.4. The zero-order chi connectivity index (χ0) is 15.2. The van der Waals surface area contributed by atoms with E-state index in [4.69, 9.17) is 0 Å². The van der Waals surface area contributed by atoms with Gasteiger partial charge in [0.15, 0.2) is 0 Å². The molecule has 0 spiro atoms. The van der Waals surface area contributed by atoms with Gasteiger partial charge in [0, 0.05) is 32.5 Å². The first-order chi connectivity index (χ1) is 9.91. The number of carbonyl (C=O) groups is 1. The summed E-state index contributed by atoms with van der Waals surface area (Å²) in [6.45, 7) is 2.05. The summed E-state index contributed by atoms with van der Waals surface area (Å²) in [4.78, 5) is 18.0. The van der Waals surface area contributed by atoms with Crippen molar-refractivity contribution in [3.8, 4) is 0 Å². The van der Waals surface area contributed by atoms with Crippen molar-refractivity contribution in [1.29, 1.82) is 0 Å². The molecule has 2 aromatic rings. The van der Waals surface area contributed by atoms with Gasteiger partial charge < -0.3 is 9.47 Å². The van der Waals surface area contributed by atoms with E-state index in [0.717, 1.165) is 11.5 Å². The maximum absolute atomic E-state index is 12.4. The van der Waals surface area contributed by atoms with Crippen LogP contribution in [0.15, 0.2) is 17.6 Å². The Morgan fingerprint density at radius 2 is 2.14 bits per heavy atom. The number of aryl methyl sites for hydroxylation is 2. The molecule has 1 saturated heterocycles. The SMILES string of the molecule is Cc1nnsc1C(=O)N1CC(S(=O)(=O)c2nccn2C)C1. The molecule has 0 aromatic carbocycles. The number of likely N-dealkylation sites (tertiary alicyclic amines) is 1. The van der Waals surface area contributed by atoms with Crippen molar-refractivity contribution in [2.24, 2.45) is 7.05 Å². The Hall–Kier alpha value is -1.81. The average Bonchev–Trinajstić information content (AvgIpc) is 2.95. The summed E-state index contributed by atoms with van der Waals surface area (Å²) in [5.74, 6) is -0.214. The first-order valence-electron chi connectivity index (χ1n) is 6.20. The molecule has 21 heavy (non-hydrogen) atoms. The van der Waals surface area contributed by atoms with Crippen LogP contribution in [0.2, 0.25) is 0 Å². The standard InChI is InChI=1S/C11H13N5O3S2/c1-7-9(20-14-13-7)10(17)16-5-8(6-16)21(18,19)11-12-3-4-15(11)2/h3-4,8H,5-6H2,1-2H3. The average molecular weight is 327 g/mol. The smallest absolute Gasteiger partial charge is 0.267 e. The molecule has 0 unspecified atom stereocenters. The van der Waals surface area contributed by atoms with Gasteiger partial charge in [-0.3, -0.25) is 4.79 Å². The van der Waals surface area contributed by atoms with Gasteiger partial charge in [0.25, 0.3) is 5.91 Å². The Bertz CT molecular complexity index is 788. The van der Waals surface area contributed by atoms with Crippen LogP contribution >= 0.6 is 11.5 Å². The lowest BCUT2D eigenvalue weighted by molar-refractivity contribution is 0.0662. The molecule has 1 aliphatic rings. The molecule has 0 bridgehead atoms. The molecule has 0 N–H and O–H groups in total. The van der Waals surface area contributed by atoms with Crippen LogP contribution < -0.4 is 0 Å². The van der Waals surface area contributed by atoms with E-state index in [1.807, 2.05) is 0 Å². The molecule has 10 heteroatoms. The van der Waals surface area contributed by atoms with E-state index in [0.29, 0.717) is 10.6 Å². The van der Waals surface area contributed by atoms with Crippen molar-refractivity contribution in [2.75, 3.05) is 13.1 Å². The van der Waals surface area contributed by atoms with Gasteiger partial charge in [-0.05, 0) is 18.5 Å². The van der Waals surface area contributed by atoms with E-state index >= 15 is 0 Å². The number of rotatable bonds is 3. The van der Waals surface area contributed by atoms with Crippen LogP contribution in [0.3, 0.4) is 0 Å². The van der Waals surface area contributed by atoms with Crippen LogP contribution in [-0.2, 0) is 16.9 Å². The first kappa shape index (κ1) is 14.1. The van der Waals surface area contributed by atoms with Gasteiger partial charge in [0.2, 0.25) is 15.0 Å². The minimum atomic E-state index is -3.50. The van der Waals surface area contributed by atoms with Gasteiger partial charge in [-0.2, -0.15) is 0 Å². The Balaban J connectivity index is 1.73. The third-order valence-corrected chi connectivity index (χ3v) is 6.35. The monoisotopic (exact) mass is 327 g/mol. The zero-order valence-electron chi connectivity index (χ0n) is 11.4. The van der Waals surface area contributed by atoms with Crippen LogP contribution in [0, 0.1) is 6.92 Å². The molecule has 1 aliphatic heterocycles. The largest absolute Gasteiger partial charge is 0.335 e. The molecule has 1 amide bonds. The minimum absolute atomic E-state index is 0.0373. The molecule has 1 fully saturated rings. The Morgan fingerprint density at radius 1 is 1.43 bits per heavy atom. The summed E-state index contributed by atoms with van der Waals surface area (Å²) in [7, 11) is -1.87. The van der Waals surface area contributed by atoms with Gasteiger partial charge >= 0.3 is 0 Å². The molecule has 0 aliphatic carbocycles. The second-order valence-corrected chi connectivity index (χ2v) is 7.76. The second-order valence-electron chi connectivity index (χ2n) is 4.89. The third-order valence-electron chi connectivity index (χ3n) is 3.45. The number of imidazole rings is 1. The number of nitrogens with zero attached hydrogens (tertiary/aromatic N) is 5. The Morgan fingerprint density at radius 3 is 2.67 bits per heavy atom. The molecule has 8 nitrogen and oxygen atoms in total. The Labute approximate surface area is 125 Å². The van der Waals surface area contributed by atoms with Crippen LogP contribution in [0.25, 0.3) is 0 Å². The first-order valence-corrected chi connectivity index (χ1v) is 8.52. The van der Waals surface area contributed by atoms with E-state index in [2.05, 4.69) is 14.6 Å². The number of sulfone groups is 1. The molecule has 0 saturated carbocycles. The highest BCUT2D eigenvalue weighted by Crippen LogP contribution is 2.25. The number of hydrogen-bond acceptors (Lipinski definition) is 7. The predicted molar refractivity (Wildman–Crippen MR) is 74.7 cm³/mol. The van der Waals surface area contributed by atoms with Crippen LogP contribution in [0.4, 0.5) is 0 Å². The van der Waals surface area contributed by atoms with Crippen molar-refractivity contribution in [3.63, 3.8) is 0 Å². The van der Waals surface area contributed by atoms with Crippen LogP contribution in [0.5, 0.6) is 0 Å². The third kappa shape index (κ3) is 2.23. The van der Waals surface area contributed by atoms with E-state index in [9.17, 15) is 13.2 Å². The second kappa shape index (κ2) is 4.88. The van der Waals surface area contributed by atoms with Crippen molar-refractivity contribution in [3.05, 3.63) is 23.0 Å². The summed E-state index contributed by atoms with van der Waals surface area (Å²) >= 11 is 1.03. The fourth-order valence-electron chi connectivity index (χ4n) is 2.15. The van der Waals surface area contributed by atoms with Crippen LogP contribution in [0.1, 0.15) is 15.4 Å². The molecule has 2 aromatic heterocycles. The van der Waals surface area contributed by atoms with Gasteiger partial charge in [-0.1, -0.05) is 4.49 Å². The lowest BCUT2D eigenvalue weighted by Crippen LogP contribution is -2.57. The summed E-state index contributed by atoms with van der Waals surface area (Å²) in [6.07, 6.45) is 3.03. The van der Waals surface area contributed by atoms with Gasteiger partial charge in [0.1, 0.15) is 10.1 Å². The van der Waals surface area contributed by atoms with Crippen molar-refractivity contribution < 1.29 is 13.2 Å². The normalized spacial score (nSPS) is 16.0. The minimum Gasteiger partial charge on any atom is -0.335 e. The lowest BCUT2D eigenvalue weighted by Gasteiger charge is -2.37.